The smallest absolute Gasteiger partial charge is 0.407 e. The van der Waals surface area contributed by atoms with E-state index in [2.05, 4.69) is 29.6 Å². The van der Waals surface area contributed by atoms with Crippen LogP contribution in [0.5, 0.6) is 0 Å². The number of aliphatic hydroxyl groups is 1. The first-order valence-corrected chi connectivity index (χ1v) is 8.98. The van der Waals surface area contributed by atoms with E-state index in [1.54, 1.807) is 0 Å². The lowest BCUT2D eigenvalue weighted by Gasteiger charge is -2.35. The van der Waals surface area contributed by atoms with Crippen molar-refractivity contribution in [3.05, 3.63) is 59.7 Å². The fourth-order valence-corrected chi connectivity index (χ4v) is 4.08. The lowest BCUT2D eigenvalue weighted by molar-refractivity contribution is 0.118. The number of alkyl carbamates (subject to hydrolysis) is 1. The van der Waals surface area contributed by atoms with E-state index >= 15 is 0 Å². The van der Waals surface area contributed by atoms with Gasteiger partial charge in [0.1, 0.15) is 6.61 Å². The SMILES string of the molecule is O=C(NC1CC(CCO)C1)OCC1c2ccccc2-c2ccccc21. The number of carbonyl (C=O) groups is 1. The zero-order valence-electron chi connectivity index (χ0n) is 14.2. The Morgan fingerprint density at radius 2 is 1.64 bits per heavy atom. The van der Waals surface area contributed by atoms with Crippen LogP contribution < -0.4 is 5.32 Å². The number of benzene rings is 2. The van der Waals surface area contributed by atoms with Crippen molar-refractivity contribution >= 4 is 6.09 Å². The third-order valence-corrected chi connectivity index (χ3v) is 5.44. The second kappa shape index (κ2) is 6.89. The highest BCUT2D eigenvalue weighted by molar-refractivity contribution is 5.79. The summed E-state index contributed by atoms with van der Waals surface area (Å²) in [5, 5.41) is 11.9. The quantitative estimate of drug-likeness (QED) is 0.875. The van der Waals surface area contributed by atoms with Gasteiger partial charge in [0, 0.05) is 18.6 Å². The van der Waals surface area contributed by atoms with Crippen LogP contribution in [0.2, 0.25) is 0 Å². The number of amides is 1. The zero-order chi connectivity index (χ0) is 17.2. The molecule has 0 bridgehead atoms. The predicted molar refractivity (Wildman–Crippen MR) is 96.4 cm³/mol. The van der Waals surface area contributed by atoms with Gasteiger partial charge in [-0.15, -0.1) is 0 Å². The van der Waals surface area contributed by atoms with Crippen molar-refractivity contribution < 1.29 is 14.6 Å². The standard InChI is InChI=1S/C21H23NO3/c23-10-9-14-11-15(12-14)22-21(24)25-13-20-18-7-3-1-5-16(18)17-6-2-4-8-19(17)20/h1-8,14-15,20,23H,9-13H2,(H,22,24). The molecule has 0 spiro atoms. The molecule has 0 saturated heterocycles. The number of hydrogen-bond donors (Lipinski definition) is 2. The Morgan fingerprint density at radius 1 is 1.04 bits per heavy atom. The van der Waals surface area contributed by atoms with Gasteiger partial charge in [-0.2, -0.15) is 0 Å². The van der Waals surface area contributed by atoms with E-state index in [0.717, 1.165) is 19.3 Å². The van der Waals surface area contributed by atoms with Crippen molar-refractivity contribution in [1.82, 2.24) is 5.32 Å². The second-order valence-corrected chi connectivity index (χ2v) is 7.02. The minimum atomic E-state index is -0.339. The third kappa shape index (κ3) is 3.14. The first-order valence-electron chi connectivity index (χ1n) is 8.98. The molecule has 2 aromatic carbocycles. The molecule has 1 fully saturated rings. The van der Waals surface area contributed by atoms with Crippen molar-refractivity contribution in [2.24, 2.45) is 5.92 Å². The first-order chi connectivity index (χ1) is 12.3. The molecule has 0 atom stereocenters. The highest BCUT2D eigenvalue weighted by Crippen LogP contribution is 2.44. The van der Waals surface area contributed by atoms with Crippen molar-refractivity contribution in [3.63, 3.8) is 0 Å². The summed E-state index contributed by atoms with van der Waals surface area (Å²) >= 11 is 0. The Hall–Kier alpha value is -2.33. The Kier molecular flexibility index (Phi) is 4.45. The molecule has 2 aliphatic rings. The highest BCUT2D eigenvalue weighted by atomic mass is 16.5. The summed E-state index contributed by atoms with van der Waals surface area (Å²) in [5.41, 5.74) is 4.92. The van der Waals surface area contributed by atoms with Crippen LogP contribution in [0.15, 0.2) is 48.5 Å². The van der Waals surface area contributed by atoms with Gasteiger partial charge in [0.2, 0.25) is 0 Å². The summed E-state index contributed by atoms with van der Waals surface area (Å²) in [6, 6.07) is 16.8. The topological polar surface area (TPSA) is 58.6 Å². The largest absolute Gasteiger partial charge is 0.449 e. The third-order valence-electron chi connectivity index (χ3n) is 5.44. The monoisotopic (exact) mass is 337 g/mol. The van der Waals surface area contributed by atoms with E-state index in [9.17, 15) is 4.79 Å². The van der Waals surface area contributed by atoms with Gasteiger partial charge in [0.05, 0.1) is 0 Å². The normalized spacial score (nSPS) is 21.2. The molecule has 2 N–H and O–H groups in total. The number of nitrogens with one attached hydrogen (secondary N) is 1. The summed E-state index contributed by atoms with van der Waals surface area (Å²) in [4.78, 5) is 12.1. The van der Waals surface area contributed by atoms with E-state index in [0.29, 0.717) is 12.5 Å². The fraction of sp³-hybridized carbons (Fsp3) is 0.381. The molecule has 0 aromatic heterocycles. The second-order valence-electron chi connectivity index (χ2n) is 7.02. The molecule has 2 aromatic rings. The zero-order valence-corrected chi connectivity index (χ0v) is 14.2. The maximum absolute atomic E-state index is 12.1. The average Bonchev–Trinajstić information content (AvgIpc) is 2.92. The average molecular weight is 337 g/mol. The Morgan fingerprint density at radius 3 is 2.24 bits per heavy atom. The maximum Gasteiger partial charge on any atom is 0.407 e. The molecule has 1 saturated carbocycles. The van der Waals surface area contributed by atoms with E-state index in [1.807, 2.05) is 24.3 Å². The fourth-order valence-electron chi connectivity index (χ4n) is 4.08. The van der Waals surface area contributed by atoms with Crippen LogP contribution in [0.3, 0.4) is 0 Å². The van der Waals surface area contributed by atoms with Crippen LogP contribution in [-0.2, 0) is 4.74 Å². The maximum atomic E-state index is 12.1. The number of fused-ring (bicyclic) bond motifs is 3. The molecule has 0 heterocycles. The molecular formula is C21H23NO3. The minimum Gasteiger partial charge on any atom is -0.449 e. The number of aliphatic hydroxyl groups excluding tert-OH is 1. The molecule has 4 rings (SSSR count). The van der Waals surface area contributed by atoms with E-state index in [1.165, 1.54) is 22.3 Å². The minimum absolute atomic E-state index is 0.0988. The Bertz CT molecular complexity index is 722. The van der Waals surface area contributed by atoms with Crippen LogP contribution in [0, 0.1) is 5.92 Å². The molecule has 1 amide bonds. The van der Waals surface area contributed by atoms with E-state index in [-0.39, 0.29) is 24.7 Å². The van der Waals surface area contributed by atoms with Gasteiger partial charge >= 0.3 is 6.09 Å². The van der Waals surface area contributed by atoms with Crippen molar-refractivity contribution in [2.45, 2.75) is 31.2 Å². The molecule has 130 valence electrons. The van der Waals surface area contributed by atoms with Crippen LogP contribution in [0.1, 0.15) is 36.3 Å². The lowest BCUT2D eigenvalue weighted by Crippen LogP contribution is -2.44. The molecule has 4 heteroatoms. The van der Waals surface area contributed by atoms with Crippen molar-refractivity contribution in [1.29, 1.82) is 0 Å². The van der Waals surface area contributed by atoms with Gasteiger partial charge in [0.25, 0.3) is 0 Å². The molecule has 0 unspecified atom stereocenters. The number of carbonyl (C=O) groups excluding carboxylic acids is 1. The van der Waals surface area contributed by atoms with Crippen LogP contribution >= 0.6 is 0 Å². The molecule has 25 heavy (non-hydrogen) atoms. The summed E-state index contributed by atoms with van der Waals surface area (Å²) < 4.78 is 5.54. The van der Waals surface area contributed by atoms with Gasteiger partial charge in [-0.1, -0.05) is 48.5 Å². The molecule has 2 aliphatic carbocycles. The summed E-state index contributed by atoms with van der Waals surface area (Å²) in [7, 11) is 0. The number of hydrogen-bond acceptors (Lipinski definition) is 3. The van der Waals surface area contributed by atoms with Crippen LogP contribution in [0.4, 0.5) is 4.79 Å². The predicted octanol–water partition coefficient (Wildman–Crippen LogP) is 3.69. The van der Waals surface area contributed by atoms with Crippen LogP contribution in [0.25, 0.3) is 11.1 Å². The number of rotatable bonds is 5. The van der Waals surface area contributed by atoms with Gasteiger partial charge in [-0.3, -0.25) is 0 Å². The van der Waals surface area contributed by atoms with Gasteiger partial charge in [-0.25, -0.2) is 4.79 Å². The Labute approximate surface area is 147 Å². The summed E-state index contributed by atoms with van der Waals surface area (Å²) in [5.74, 6) is 0.630. The van der Waals surface area contributed by atoms with Gasteiger partial charge in [0.15, 0.2) is 0 Å². The van der Waals surface area contributed by atoms with Crippen molar-refractivity contribution in [2.75, 3.05) is 13.2 Å². The highest BCUT2D eigenvalue weighted by Gasteiger charge is 2.32. The Balaban J connectivity index is 1.38. The van der Waals surface area contributed by atoms with E-state index < -0.39 is 0 Å². The summed E-state index contributed by atoms with van der Waals surface area (Å²) in [6.45, 7) is 0.578. The van der Waals surface area contributed by atoms with Crippen LogP contribution in [-0.4, -0.2) is 30.5 Å². The molecular weight excluding hydrogens is 314 g/mol. The lowest BCUT2D eigenvalue weighted by atomic mass is 9.78. The molecule has 0 aliphatic heterocycles. The molecule has 4 nitrogen and oxygen atoms in total. The van der Waals surface area contributed by atoms with Crippen molar-refractivity contribution in [3.8, 4) is 11.1 Å². The van der Waals surface area contributed by atoms with Gasteiger partial charge in [-0.05, 0) is 47.4 Å². The molecule has 0 radical (unpaired) electrons. The number of ether oxygens (including phenoxy) is 1. The van der Waals surface area contributed by atoms with E-state index in [4.69, 9.17) is 9.84 Å². The summed E-state index contributed by atoms with van der Waals surface area (Å²) in [6.07, 6.45) is 2.35. The first kappa shape index (κ1) is 16.2. The van der Waals surface area contributed by atoms with Gasteiger partial charge < -0.3 is 15.2 Å².